The van der Waals surface area contributed by atoms with Crippen molar-refractivity contribution in [3.8, 4) is 0 Å². The Morgan fingerprint density at radius 1 is 0.958 bits per heavy atom. The number of aliphatic hydroxyl groups is 4. The van der Waals surface area contributed by atoms with E-state index >= 15 is 0 Å². The zero-order valence-electron chi connectivity index (χ0n) is 14.4. The van der Waals surface area contributed by atoms with Gasteiger partial charge >= 0.3 is 0 Å². The van der Waals surface area contributed by atoms with E-state index in [0.29, 0.717) is 17.8 Å². The minimum Gasteiger partial charge on any atom is -0.376 e. The first kappa shape index (κ1) is 18.9. The summed E-state index contributed by atoms with van der Waals surface area (Å²) in [6.45, 7) is 0.644. The van der Waals surface area contributed by atoms with Crippen molar-refractivity contribution in [1.82, 2.24) is 14.7 Å². The average molecular weight is 343 g/mol. The van der Waals surface area contributed by atoms with E-state index in [2.05, 4.69) is 16.9 Å². The van der Waals surface area contributed by atoms with Gasteiger partial charge in [-0.25, -0.2) is 4.99 Å². The highest BCUT2D eigenvalue weighted by Gasteiger charge is 2.35. The van der Waals surface area contributed by atoms with Crippen LogP contribution in [0.3, 0.4) is 0 Å². The van der Waals surface area contributed by atoms with Gasteiger partial charge in [0.2, 0.25) is 11.9 Å². The molecule has 1 heterocycles. The maximum Gasteiger partial charge on any atom is 0.229 e. The van der Waals surface area contributed by atoms with E-state index in [9.17, 15) is 20.4 Å². The minimum absolute atomic E-state index is 0.207. The Morgan fingerprint density at radius 3 is 2.00 bits per heavy atom. The highest BCUT2D eigenvalue weighted by atomic mass is 16.3. The third-order valence-electron chi connectivity index (χ3n) is 4.89. The van der Waals surface area contributed by atoms with Crippen LogP contribution in [0.5, 0.6) is 0 Å². The van der Waals surface area contributed by atoms with Gasteiger partial charge in [-0.3, -0.25) is 9.80 Å². The third kappa shape index (κ3) is 3.97. The number of nitrogens with zero attached hydrogens (tertiary/aromatic N) is 5. The summed E-state index contributed by atoms with van der Waals surface area (Å²) < 4.78 is 0. The molecule has 4 N–H and O–H groups in total. The van der Waals surface area contributed by atoms with Crippen LogP contribution >= 0.6 is 0 Å². The Morgan fingerprint density at radius 2 is 1.50 bits per heavy atom. The molecule has 1 fully saturated rings. The van der Waals surface area contributed by atoms with Crippen molar-refractivity contribution in [2.45, 2.75) is 38.8 Å². The lowest BCUT2D eigenvalue weighted by Gasteiger charge is -2.42. The molecule has 0 amide bonds. The summed E-state index contributed by atoms with van der Waals surface area (Å²) >= 11 is 0. The summed E-state index contributed by atoms with van der Waals surface area (Å²) in [5.41, 5.74) is 0. The summed E-state index contributed by atoms with van der Waals surface area (Å²) in [5.74, 6) is 1.62. The fraction of sp³-hybridized carbons (Fsp3) is 0.867. The first-order chi connectivity index (χ1) is 11.5. The molecule has 0 aromatic carbocycles. The van der Waals surface area contributed by atoms with Crippen LogP contribution in [0.25, 0.3) is 0 Å². The van der Waals surface area contributed by atoms with Crippen molar-refractivity contribution in [2.24, 2.45) is 21.8 Å². The average Bonchev–Trinajstić information content (AvgIpc) is 2.60. The number of rotatable bonds is 5. The standard InChI is InChI=1S/C15H29N5O4/c1-11-3-5-12(6-4-11)13-16-14(19(7-21)8-22)17-15(18(13)2)20(9-23)10-24/h11-13,21-24H,3-10H2,1-2H3. The van der Waals surface area contributed by atoms with Gasteiger partial charge in [0.15, 0.2) is 0 Å². The lowest BCUT2D eigenvalue weighted by Crippen LogP contribution is -2.54. The number of hydrogen-bond acceptors (Lipinski definition) is 9. The van der Waals surface area contributed by atoms with E-state index in [1.807, 2.05) is 11.9 Å². The predicted octanol–water partition coefficient (Wildman–Crippen LogP) is -0.801. The quantitative estimate of drug-likeness (QED) is 0.483. The van der Waals surface area contributed by atoms with Gasteiger partial charge in [0, 0.05) is 7.05 Å². The maximum atomic E-state index is 9.47. The highest BCUT2D eigenvalue weighted by Crippen LogP contribution is 2.34. The second-order valence-electron chi connectivity index (χ2n) is 6.53. The second-order valence-corrected chi connectivity index (χ2v) is 6.53. The molecule has 9 nitrogen and oxygen atoms in total. The molecule has 24 heavy (non-hydrogen) atoms. The Labute approximate surface area is 142 Å². The molecule has 2 aliphatic rings. The topological polar surface area (TPSA) is 115 Å². The summed E-state index contributed by atoms with van der Waals surface area (Å²) in [6.07, 6.45) is 4.15. The molecule has 0 saturated heterocycles. The zero-order chi connectivity index (χ0) is 17.7. The third-order valence-corrected chi connectivity index (χ3v) is 4.89. The molecule has 0 radical (unpaired) electrons. The van der Waals surface area contributed by atoms with Gasteiger partial charge in [0.25, 0.3) is 0 Å². The molecule has 1 unspecified atom stereocenters. The van der Waals surface area contributed by atoms with Crippen LogP contribution in [0.2, 0.25) is 0 Å². The van der Waals surface area contributed by atoms with Gasteiger partial charge in [-0.1, -0.05) is 19.8 Å². The summed E-state index contributed by atoms with van der Waals surface area (Å²) in [4.78, 5) is 13.3. The SMILES string of the molecule is CC1CCC(C2N=C(N(CO)CO)N=C(N(CO)CO)N2C)CC1. The van der Waals surface area contributed by atoms with Crippen molar-refractivity contribution in [2.75, 3.05) is 34.0 Å². The van der Waals surface area contributed by atoms with Crippen LogP contribution < -0.4 is 0 Å². The molecule has 1 aliphatic heterocycles. The first-order valence-electron chi connectivity index (χ1n) is 8.38. The molecule has 0 bridgehead atoms. The normalized spacial score (nSPS) is 27.6. The van der Waals surface area contributed by atoms with Crippen molar-refractivity contribution < 1.29 is 20.4 Å². The molecule has 0 spiro atoms. The lowest BCUT2D eigenvalue weighted by molar-refractivity contribution is 0.0622. The van der Waals surface area contributed by atoms with E-state index < -0.39 is 13.5 Å². The highest BCUT2D eigenvalue weighted by molar-refractivity contribution is 5.96. The van der Waals surface area contributed by atoms with E-state index in [4.69, 9.17) is 0 Å². The van der Waals surface area contributed by atoms with E-state index in [1.54, 1.807) is 0 Å². The summed E-state index contributed by atoms with van der Waals surface area (Å²) in [7, 11) is 1.84. The number of aliphatic imine (C=N–C) groups is 2. The van der Waals surface area contributed by atoms with Gasteiger partial charge in [-0.2, -0.15) is 4.99 Å². The van der Waals surface area contributed by atoms with E-state index in [0.717, 1.165) is 25.7 Å². The Kier molecular flexibility index (Phi) is 6.79. The second kappa shape index (κ2) is 8.61. The Hall–Kier alpha value is -1.42. The van der Waals surface area contributed by atoms with Gasteiger partial charge in [0.05, 0.1) is 0 Å². The van der Waals surface area contributed by atoms with Gasteiger partial charge in [-0.05, 0) is 24.7 Å². The van der Waals surface area contributed by atoms with Crippen LogP contribution in [0, 0.1) is 11.8 Å². The largest absolute Gasteiger partial charge is 0.376 e. The number of aliphatic hydroxyl groups excluding tert-OH is 4. The summed E-state index contributed by atoms with van der Waals surface area (Å²) in [5, 5.41) is 37.8. The van der Waals surface area contributed by atoms with Gasteiger partial charge < -0.3 is 25.3 Å². The zero-order valence-corrected chi connectivity index (χ0v) is 14.4. The minimum atomic E-state index is -0.414. The Bertz CT molecular complexity index is 457. The molecule has 2 rings (SSSR count). The fourth-order valence-electron chi connectivity index (χ4n) is 3.31. The number of guanidine groups is 2. The van der Waals surface area contributed by atoms with Crippen molar-refractivity contribution in [3.63, 3.8) is 0 Å². The van der Waals surface area contributed by atoms with E-state index in [1.165, 1.54) is 9.80 Å². The van der Waals surface area contributed by atoms with Crippen LogP contribution in [-0.4, -0.2) is 87.2 Å². The fourth-order valence-corrected chi connectivity index (χ4v) is 3.31. The smallest absolute Gasteiger partial charge is 0.229 e. The lowest BCUT2D eigenvalue weighted by atomic mass is 9.81. The number of hydrogen-bond donors (Lipinski definition) is 4. The van der Waals surface area contributed by atoms with E-state index in [-0.39, 0.29) is 25.6 Å². The van der Waals surface area contributed by atoms with Gasteiger partial charge in [-0.15, -0.1) is 0 Å². The van der Waals surface area contributed by atoms with Crippen molar-refractivity contribution in [1.29, 1.82) is 0 Å². The summed E-state index contributed by atoms with van der Waals surface area (Å²) in [6, 6.07) is 0. The molecule has 9 heteroatoms. The molecule has 0 aromatic heterocycles. The predicted molar refractivity (Wildman–Crippen MR) is 89.6 cm³/mol. The molecule has 1 saturated carbocycles. The van der Waals surface area contributed by atoms with Crippen molar-refractivity contribution >= 4 is 11.9 Å². The maximum absolute atomic E-state index is 9.47. The molecular formula is C15H29N5O4. The molecule has 1 aliphatic carbocycles. The molecule has 138 valence electrons. The van der Waals surface area contributed by atoms with Crippen LogP contribution in [-0.2, 0) is 0 Å². The van der Waals surface area contributed by atoms with Crippen LogP contribution in [0.4, 0.5) is 0 Å². The molecule has 1 atom stereocenters. The first-order valence-corrected chi connectivity index (χ1v) is 8.38. The Balaban J connectivity index is 2.30. The molecular weight excluding hydrogens is 314 g/mol. The van der Waals surface area contributed by atoms with Crippen LogP contribution in [0.15, 0.2) is 9.98 Å². The molecule has 0 aromatic rings. The van der Waals surface area contributed by atoms with Gasteiger partial charge in [0.1, 0.15) is 33.1 Å². The van der Waals surface area contributed by atoms with Crippen molar-refractivity contribution in [3.05, 3.63) is 0 Å². The monoisotopic (exact) mass is 343 g/mol. The van der Waals surface area contributed by atoms with Crippen LogP contribution in [0.1, 0.15) is 32.6 Å².